The van der Waals surface area contributed by atoms with Crippen LogP contribution in [0.15, 0.2) is 61.1 Å². The number of hydrogen-bond donors (Lipinski definition) is 0. The lowest BCUT2D eigenvalue weighted by atomic mass is 10.0. The van der Waals surface area contributed by atoms with Crippen LogP contribution in [0.4, 0.5) is 13.2 Å². The van der Waals surface area contributed by atoms with E-state index in [0.717, 1.165) is 28.7 Å². The third-order valence-electron chi connectivity index (χ3n) is 5.45. The second-order valence-corrected chi connectivity index (χ2v) is 7.85. The minimum atomic E-state index is -1.24. The van der Waals surface area contributed by atoms with Crippen LogP contribution in [0.2, 0.25) is 0 Å². The Labute approximate surface area is 192 Å². The molecule has 34 heavy (non-hydrogen) atoms. The molecule has 0 saturated heterocycles. The Kier molecular flexibility index (Phi) is 5.45. The molecule has 5 rings (SSSR count). The highest BCUT2D eigenvalue weighted by Gasteiger charge is 2.34. The van der Waals surface area contributed by atoms with Crippen LogP contribution >= 0.6 is 0 Å². The molecule has 2 aromatic heterocycles. The summed E-state index contributed by atoms with van der Waals surface area (Å²) in [4.78, 5) is 26.8. The highest BCUT2D eigenvalue weighted by Crippen LogP contribution is 2.34. The number of rotatable bonds is 5. The van der Waals surface area contributed by atoms with E-state index in [-0.39, 0.29) is 18.0 Å². The topological polar surface area (TPSA) is 68.2 Å². The van der Waals surface area contributed by atoms with Gasteiger partial charge >= 0.3 is 0 Å². The predicted molar refractivity (Wildman–Crippen MR) is 116 cm³/mol. The summed E-state index contributed by atoms with van der Waals surface area (Å²) in [5.41, 5.74) is 4.27. The predicted octanol–water partition coefficient (Wildman–Crippen LogP) is 5.21. The zero-order chi connectivity index (χ0) is 23.8. The summed E-state index contributed by atoms with van der Waals surface area (Å²) in [5.74, 6) is -5.11. The number of aromatic nitrogens is 3. The Morgan fingerprint density at radius 1 is 0.941 bits per heavy atom. The average Bonchev–Trinajstić information content (AvgIpc) is 3.12. The van der Waals surface area contributed by atoms with Gasteiger partial charge in [0.05, 0.1) is 12.2 Å². The van der Waals surface area contributed by atoms with E-state index in [1.54, 1.807) is 6.20 Å². The molecule has 1 aliphatic heterocycles. The van der Waals surface area contributed by atoms with Gasteiger partial charge in [-0.3, -0.25) is 9.78 Å². The van der Waals surface area contributed by atoms with Crippen molar-refractivity contribution in [3.63, 3.8) is 0 Å². The van der Waals surface area contributed by atoms with Crippen molar-refractivity contribution in [2.45, 2.75) is 20.0 Å². The Bertz CT molecular complexity index is 1390. The van der Waals surface area contributed by atoms with Crippen LogP contribution in [0, 0.1) is 24.4 Å². The first kappa shape index (κ1) is 21.6. The average molecular weight is 462 g/mol. The summed E-state index contributed by atoms with van der Waals surface area (Å²) in [5, 5.41) is 0. The van der Waals surface area contributed by atoms with E-state index >= 15 is 0 Å². The third kappa shape index (κ3) is 4.07. The lowest BCUT2D eigenvalue weighted by Gasteiger charge is -2.16. The summed E-state index contributed by atoms with van der Waals surface area (Å²) >= 11 is 0. The van der Waals surface area contributed by atoms with Crippen molar-refractivity contribution in [1.82, 2.24) is 19.9 Å². The van der Waals surface area contributed by atoms with Crippen molar-refractivity contribution in [2.24, 2.45) is 0 Å². The molecule has 0 unspecified atom stereocenters. The van der Waals surface area contributed by atoms with Crippen LogP contribution in [-0.4, -0.2) is 25.8 Å². The van der Waals surface area contributed by atoms with E-state index in [1.807, 2.05) is 43.3 Å². The number of halogens is 3. The first-order chi connectivity index (χ1) is 16.4. The van der Waals surface area contributed by atoms with Crippen molar-refractivity contribution in [1.29, 1.82) is 0 Å². The molecule has 0 atom stereocenters. The van der Waals surface area contributed by atoms with Crippen LogP contribution in [0.5, 0.6) is 11.6 Å². The Morgan fingerprint density at radius 3 is 2.38 bits per heavy atom. The molecule has 0 bridgehead atoms. The highest BCUT2D eigenvalue weighted by atomic mass is 19.1. The molecule has 0 radical (unpaired) electrons. The fourth-order valence-corrected chi connectivity index (χ4v) is 3.83. The maximum atomic E-state index is 14.0. The van der Waals surface area contributed by atoms with Crippen molar-refractivity contribution in [3.8, 4) is 22.8 Å². The van der Waals surface area contributed by atoms with Crippen LogP contribution in [0.1, 0.15) is 27.3 Å². The molecule has 170 valence electrons. The number of hydrogen-bond acceptors (Lipinski definition) is 5. The molecular weight excluding hydrogens is 445 g/mol. The van der Waals surface area contributed by atoms with E-state index in [1.165, 1.54) is 4.90 Å². The van der Waals surface area contributed by atoms with Gasteiger partial charge in [-0.25, -0.2) is 23.1 Å². The molecule has 0 saturated carbocycles. The first-order valence-corrected chi connectivity index (χ1v) is 10.4. The zero-order valence-electron chi connectivity index (χ0n) is 17.9. The molecule has 3 heterocycles. The number of nitrogens with zero attached hydrogens (tertiary/aromatic N) is 4. The second kappa shape index (κ2) is 8.58. The van der Waals surface area contributed by atoms with Gasteiger partial charge < -0.3 is 9.64 Å². The van der Waals surface area contributed by atoms with E-state index in [0.29, 0.717) is 24.4 Å². The number of benzene rings is 2. The van der Waals surface area contributed by atoms with E-state index < -0.39 is 29.1 Å². The Morgan fingerprint density at radius 2 is 1.68 bits per heavy atom. The van der Waals surface area contributed by atoms with Gasteiger partial charge in [-0.15, -0.1) is 0 Å². The minimum Gasteiger partial charge on any atom is -0.432 e. The van der Waals surface area contributed by atoms with Gasteiger partial charge in [-0.05, 0) is 35.7 Å². The summed E-state index contributed by atoms with van der Waals surface area (Å²) < 4.78 is 46.5. The molecule has 4 aromatic rings. The number of carbonyl (C=O) groups excluding carboxylic acids is 1. The molecule has 1 aliphatic rings. The van der Waals surface area contributed by atoms with Gasteiger partial charge in [-0.2, -0.15) is 0 Å². The lowest BCUT2D eigenvalue weighted by molar-refractivity contribution is 0.0764. The SMILES string of the molecule is Cc1cc(-c2ccc(CN3Cc4ncnc(Oc5c(F)cc(F)cc5F)c4C3=O)cc2)ccn1. The summed E-state index contributed by atoms with van der Waals surface area (Å²) in [7, 11) is 0. The van der Waals surface area contributed by atoms with Crippen LogP contribution in [0.25, 0.3) is 11.1 Å². The van der Waals surface area contributed by atoms with Gasteiger partial charge in [0.1, 0.15) is 17.7 Å². The second-order valence-electron chi connectivity index (χ2n) is 7.85. The number of aryl methyl sites for hydroxylation is 1. The van der Waals surface area contributed by atoms with Crippen LogP contribution in [-0.2, 0) is 13.1 Å². The highest BCUT2D eigenvalue weighted by molar-refractivity contribution is 5.99. The number of ether oxygens (including phenoxy) is 1. The van der Waals surface area contributed by atoms with Crippen molar-refractivity contribution < 1.29 is 22.7 Å². The monoisotopic (exact) mass is 462 g/mol. The molecule has 9 heteroatoms. The van der Waals surface area contributed by atoms with Gasteiger partial charge in [0.2, 0.25) is 11.6 Å². The summed E-state index contributed by atoms with van der Waals surface area (Å²) in [6.45, 7) is 2.41. The van der Waals surface area contributed by atoms with Crippen LogP contribution < -0.4 is 4.74 Å². The minimum absolute atomic E-state index is 0.0227. The molecule has 2 aromatic carbocycles. The normalized spacial score (nSPS) is 12.7. The third-order valence-corrected chi connectivity index (χ3v) is 5.45. The lowest BCUT2D eigenvalue weighted by Crippen LogP contribution is -2.23. The molecule has 0 aliphatic carbocycles. The van der Waals surface area contributed by atoms with Crippen LogP contribution in [0.3, 0.4) is 0 Å². The fraction of sp³-hybridized carbons (Fsp3) is 0.120. The van der Waals surface area contributed by atoms with Gasteiger partial charge in [0.25, 0.3) is 5.91 Å². The molecule has 0 N–H and O–H groups in total. The molecule has 0 fully saturated rings. The van der Waals surface area contributed by atoms with E-state index in [9.17, 15) is 18.0 Å². The van der Waals surface area contributed by atoms with E-state index in [4.69, 9.17) is 4.74 Å². The van der Waals surface area contributed by atoms with Gasteiger partial charge in [-0.1, -0.05) is 24.3 Å². The smallest absolute Gasteiger partial charge is 0.261 e. The van der Waals surface area contributed by atoms with E-state index in [2.05, 4.69) is 15.0 Å². The first-order valence-electron chi connectivity index (χ1n) is 10.4. The Balaban J connectivity index is 1.36. The molecule has 1 amide bonds. The van der Waals surface area contributed by atoms with Crippen molar-refractivity contribution >= 4 is 5.91 Å². The maximum absolute atomic E-state index is 14.0. The standard InChI is InChI=1S/C25H17F3N4O2/c1-14-8-17(6-7-29-14)16-4-2-15(3-5-16)11-32-12-21-22(25(32)33)24(31-13-30-21)34-23-19(27)9-18(26)10-20(23)28/h2-10,13H,11-12H2,1H3. The summed E-state index contributed by atoms with van der Waals surface area (Å²) in [6.07, 6.45) is 2.90. The number of amides is 1. The zero-order valence-corrected chi connectivity index (χ0v) is 17.9. The number of fused-ring (bicyclic) bond motifs is 1. The quantitative estimate of drug-likeness (QED) is 0.407. The maximum Gasteiger partial charge on any atom is 0.261 e. The van der Waals surface area contributed by atoms with Gasteiger partial charge in [0.15, 0.2) is 11.6 Å². The van der Waals surface area contributed by atoms with Crippen molar-refractivity contribution in [3.05, 3.63) is 101 Å². The number of carbonyl (C=O) groups is 1. The molecular formula is C25H17F3N4O2. The number of pyridine rings is 1. The Hall–Kier alpha value is -4.27. The summed E-state index contributed by atoms with van der Waals surface area (Å²) in [6, 6.07) is 12.7. The molecule has 0 spiro atoms. The van der Waals surface area contributed by atoms with Gasteiger partial charge in [0, 0.05) is 30.6 Å². The fourth-order valence-electron chi connectivity index (χ4n) is 3.83. The largest absolute Gasteiger partial charge is 0.432 e. The molecule has 6 nitrogen and oxygen atoms in total. The van der Waals surface area contributed by atoms with Crippen molar-refractivity contribution in [2.75, 3.05) is 0 Å².